The van der Waals surface area contributed by atoms with Gasteiger partial charge < -0.3 is 5.11 Å². The molecule has 0 saturated heterocycles. The van der Waals surface area contributed by atoms with Crippen molar-refractivity contribution in [2.75, 3.05) is 4.90 Å². The number of benzene rings is 3. The Morgan fingerprint density at radius 3 is 2.32 bits per heavy atom. The average molecular weight is 433 g/mol. The molecule has 0 fully saturated rings. The van der Waals surface area contributed by atoms with E-state index in [2.05, 4.69) is 20.9 Å². The van der Waals surface area contributed by atoms with Gasteiger partial charge in [0.2, 0.25) is 0 Å². The Hall–Kier alpha value is -3.18. The Labute approximate surface area is 171 Å². The normalized spacial score (nSPS) is 15.2. The van der Waals surface area contributed by atoms with Crippen molar-refractivity contribution in [3.63, 3.8) is 0 Å². The van der Waals surface area contributed by atoms with Crippen LogP contribution >= 0.6 is 15.9 Å². The van der Waals surface area contributed by atoms with Crippen molar-refractivity contribution in [2.24, 2.45) is 4.99 Å². The van der Waals surface area contributed by atoms with Crippen LogP contribution in [0.15, 0.2) is 88.0 Å². The molecule has 5 heteroatoms. The summed E-state index contributed by atoms with van der Waals surface area (Å²) >= 11 is 3.55. The molecule has 1 aliphatic heterocycles. The van der Waals surface area contributed by atoms with Gasteiger partial charge in [-0.15, -0.1) is 0 Å². The van der Waals surface area contributed by atoms with Crippen molar-refractivity contribution in [1.29, 1.82) is 0 Å². The summed E-state index contributed by atoms with van der Waals surface area (Å²) in [5, 5.41) is 9.61. The summed E-state index contributed by atoms with van der Waals surface area (Å²) in [6.07, 6.45) is 1.79. The van der Waals surface area contributed by atoms with Gasteiger partial charge in [0.15, 0.2) is 0 Å². The van der Waals surface area contributed by atoms with E-state index >= 15 is 0 Å². The quantitative estimate of drug-likeness (QED) is 0.571. The number of carbonyl (C=O) groups is 1. The maximum absolute atomic E-state index is 13.2. The number of carbonyl (C=O) groups excluding carboxylic acids is 1. The van der Waals surface area contributed by atoms with Crippen LogP contribution in [-0.2, 0) is 4.79 Å². The smallest absolute Gasteiger partial charge is 0.282 e. The monoisotopic (exact) mass is 432 g/mol. The number of aliphatic imine (C=N–C) groups is 1. The zero-order valence-electron chi connectivity index (χ0n) is 15.1. The summed E-state index contributed by atoms with van der Waals surface area (Å²) in [5.41, 5.74) is 3.89. The van der Waals surface area contributed by atoms with E-state index in [-0.39, 0.29) is 11.7 Å². The van der Waals surface area contributed by atoms with Crippen LogP contribution in [0.1, 0.15) is 16.7 Å². The maximum atomic E-state index is 13.2. The fourth-order valence-corrected chi connectivity index (χ4v) is 3.46. The van der Waals surface area contributed by atoms with Crippen LogP contribution in [0.3, 0.4) is 0 Å². The van der Waals surface area contributed by atoms with Crippen LogP contribution in [0.5, 0.6) is 5.75 Å². The molecule has 0 spiro atoms. The number of anilines is 1. The Morgan fingerprint density at radius 1 is 0.964 bits per heavy atom. The number of amides is 1. The van der Waals surface area contributed by atoms with Crippen LogP contribution in [0.25, 0.3) is 6.08 Å². The Morgan fingerprint density at radius 2 is 1.64 bits per heavy atom. The van der Waals surface area contributed by atoms with E-state index in [9.17, 15) is 9.90 Å². The predicted octanol–water partition coefficient (Wildman–Crippen LogP) is 5.30. The second-order valence-corrected chi connectivity index (χ2v) is 7.37. The first kappa shape index (κ1) is 18.2. The first-order chi connectivity index (χ1) is 13.5. The second kappa shape index (κ2) is 7.44. The van der Waals surface area contributed by atoms with Crippen molar-refractivity contribution in [3.8, 4) is 5.75 Å². The molecule has 28 heavy (non-hydrogen) atoms. The highest BCUT2D eigenvalue weighted by Gasteiger charge is 2.33. The molecule has 1 aliphatic rings. The van der Waals surface area contributed by atoms with E-state index < -0.39 is 0 Å². The number of hydrogen-bond donors (Lipinski definition) is 1. The number of halogens is 1. The fourth-order valence-electron chi connectivity index (χ4n) is 3.00. The van der Waals surface area contributed by atoms with Crippen molar-refractivity contribution in [3.05, 3.63) is 99.7 Å². The number of rotatable bonds is 3. The lowest BCUT2D eigenvalue weighted by Gasteiger charge is -2.19. The van der Waals surface area contributed by atoms with Crippen LogP contribution in [-0.4, -0.2) is 16.8 Å². The molecule has 0 atom stereocenters. The standard InChI is InChI=1S/C23H17BrN2O2/c1-15-6-8-16(9-7-15)14-21-23(28)26(17-10-12-18(27)13-11-17)22(25-21)19-4-2-3-5-20(19)24/h2-14,27H,1H3/b21-14+. The Bertz CT molecular complexity index is 1100. The highest BCUT2D eigenvalue weighted by Crippen LogP contribution is 2.31. The zero-order valence-corrected chi connectivity index (χ0v) is 16.7. The van der Waals surface area contributed by atoms with E-state index in [4.69, 9.17) is 0 Å². The first-order valence-corrected chi connectivity index (χ1v) is 9.58. The summed E-state index contributed by atoms with van der Waals surface area (Å²) < 4.78 is 0.849. The molecule has 3 aromatic carbocycles. The molecule has 0 bridgehead atoms. The van der Waals surface area contributed by atoms with Gasteiger partial charge in [0.05, 0.1) is 5.69 Å². The SMILES string of the molecule is Cc1ccc(/C=C2/N=C(c3ccccc3Br)N(c3ccc(O)cc3)C2=O)cc1. The number of phenolic OH excluding ortho intramolecular Hbond substituents is 1. The summed E-state index contributed by atoms with van der Waals surface area (Å²) in [4.78, 5) is 19.5. The number of hydrogen-bond acceptors (Lipinski definition) is 3. The summed E-state index contributed by atoms with van der Waals surface area (Å²) in [5.74, 6) is 0.476. The van der Waals surface area contributed by atoms with Gasteiger partial charge in [0.1, 0.15) is 17.3 Å². The van der Waals surface area contributed by atoms with E-state index in [0.717, 1.165) is 21.2 Å². The van der Waals surface area contributed by atoms with Crippen molar-refractivity contribution >= 4 is 39.4 Å². The van der Waals surface area contributed by atoms with Gasteiger partial charge in [0.25, 0.3) is 5.91 Å². The third-order valence-electron chi connectivity index (χ3n) is 4.46. The third-order valence-corrected chi connectivity index (χ3v) is 5.16. The first-order valence-electron chi connectivity index (χ1n) is 8.78. The van der Waals surface area contributed by atoms with Crippen LogP contribution in [0.2, 0.25) is 0 Å². The minimum Gasteiger partial charge on any atom is -0.508 e. The number of amidine groups is 1. The van der Waals surface area contributed by atoms with Crippen molar-refractivity contribution < 1.29 is 9.90 Å². The lowest BCUT2D eigenvalue weighted by molar-refractivity contribution is -0.113. The van der Waals surface area contributed by atoms with Gasteiger partial charge >= 0.3 is 0 Å². The topological polar surface area (TPSA) is 52.9 Å². The van der Waals surface area contributed by atoms with Gasteiger partial charge in [-0.3, -0.25) is 9.69 Å². The zero-order chi connectivity index (χ0) is 19.7. The van der Waals surface area contributed by atoms with E-state index in [1.54, 1.807) is 35.2 Å². The minimum absolute atomic E-state index is 0.144. The molecule has 1 N–H and O–H groups in total. The average Bonchev–Trinajstić information content (AvgIpc) is 3.01. The van der Waals surface area contributed by atoms with Crippen LogP contribution in [0.4, 0.5) is 5.69 Å². The highest BCUT2D eigenvalue weighted by atomic mass is 79.9. The van der Waals surface area contributed by atoms with Crippen molar-refractivity contribution in [1.82, 2.24) is 0 Å². The maximum Gasteiger partial charge on any atom is 0.282 e. The van der Waals surface area contributed by atoms with Crippen molar-refractivity contribution in [2.45, 2.75) is 6.92 Å². The number of nitrogens with zero attached hydrogens (tertiary/aromatic N) is 2. The molecule has 4 rings (SSSR count). The number of phenols is 1. The van der Waals surface area contributed by atoms with E-state index in [1.807, 2.05) is 55.5 Å². The molecule has 0 aliphatic carbocycles. The summed E-state index contributed by atoms with van der Waals surface area (Å²) in [7, 11) is 0. The lowest BCUT2D eigenvalue weighted by atomic mass is 10.1. The third kappa shape index (κ3) is 3.49. The van der Waals surface area contributed by atoms with Gasteiger partial charge in [0, 0.05) is 10.0 Å². The molecule has 3 aromatic rings. The molecule has 0 saturated carbocycles. The van der Waals surface area contributed by atoms with Gasteiger partial charge in [-0.25, -0.2) is 4.99 Å². The number of aryl methyl sites for hydroxylation is 1. The van der Waals surface area contributed by atoms with Gasteiger partial charge in [-0.05, 0) is 48.9 Å². The lowest BCUT2D eigenvalue weighted by Crippen LogP contribution is -2.32. The van der Waals surface area contributed by atoms with Gasteiger partial charge in [-0.1, -0.05) is 64.0 Å². The van der Waals surface area contributed by atoms with E-state index in [0.29, 0.717) is 17.2 Å². The molecule has 1 heterocycles. The Kier molecular flexibility index (Phi) is 4.84. The minimum atomic E-state index is -0.211. The Balaban J connectivity index is 1.84. The van der Waals surface area contributed by atoms with Gasteiger partial charge in [-0.2, -0.15) is 0 Å². The largest absolute Gasteiger partial charge is 0.508 e. The second-order valence-electron chi connectivity index (χ2n) is 6.51. The molecule has 138 valence electrons. The van der Waals surface area contributed by atoms with Crippen LogP contribution in [0, 0.1) is 6.92 Å². The molecule has 0 unspecified atom stereocenters. The number of aromatic hydroxyl groups is 1. The summed E-state index contributed by atoms with van der Waals surface area (Å²) in [6.45, 7) is 2.02. The molecule has 1 amide bonds. The fraction of sp³-hybridized carbons (Fsp3) is 0.0435. The molecular formula is C23H17BrN2O2. The molecular weight excluding hydrogens is 416 g/mol. The molecule has 0 radical (unpaired) electrons. The molecule has 0 aromatic heterocycles. The summed E-state index contributed by atoms with van der Waals surface area (Å²) in [6, 6.07) is 22.1. The highest BCUT2D eigenvalue weighted by molar-refractivity contribution is 9.10. The van der Waals surface area contributed by atoms with Crippen LogP contribution < -0.4 is 4.90 Å². The predicted molar refractivity (Wildman–Crippen MR) is 115 cm³/mol. The molecule has 4 nitrogen and oxygen atoms in total. The van der Waals surface area contributed by atoms with E-state index in [1.165, 1.54) is 0 Å².